The molecule has 1 unspecified atom stereocenters. The average molecular weight is 446 g/mol. The third kappa shape index (κ3) is 4.30. The van der Waals surface area contributed by atoms with Crippen molar-refractivity contribution in [1.29, 1.82) is 0 Å². The van der Waals surface area contributed by atoms with Crippen molar-refractivity contribution in [3.63, 3.8) is 0 Å². The van der Waals surface area contributed by atoms with Crippen LogP contribution in [0.3, 0.4) is 0 Å². The van der Waals surface area contributed by atoms with Gasteiger partial charge in [-0.1, -0.05) is 41.4 Å². The number of hydrogen-bond donors (Lipinski definition) is 0. The highest BCUT2D eigenvalue weighted by molar-refractivity contribution is 6.35. The second-order valence-electron chi connectivity index (χ2n) is 7.52. The molecule has 0 spiro atoms. The van der Waals surface area contributed by atoms with Gasteiger partial charge in [-0.25, -0.2) is 0 Å². The maximum Gasteiger partial charge on any atom is 0.254 e. The van der Waals surface area contributed by atoms with Crippen LogP contribution in [0.1, 0.15) is 16.8 Å². The van der Waals surface area contributed by atoms with Crippen molar-refractivity contribution in [3.8, 4) is 0 Å². The van der Waals surface area contributed by atoms with Gasteiger partial charge in [0.15, 0.2) is 0 Å². The third-order valence-electron chi connectivity index (χ3n) is 5.53. The number of anilines is 1. The summed E-state index contributed by atoms with van der Waals surface area (Å²) in [5.74, 6) is -0.574. The van der Waals surface area contributed by atoms with Crippen LogP contribution in [0.2, 0.25) is 10.0 Å². The van der Waals surface area contributed by atoms with E-state index in [-0.39, 0.29) is 30.1 Å². The van der Waals surface area contributed by atoms with Crippen LogP contribution in [0.5, 0.6) is 0 Å². The Morgan fingerprint density at radius 3 is 2.10 bits per heavy atom. The standard InChI is InChI=1S/C22H21Cl2N3O3/c23-17-10-15(11-18(24)13-17)21(29)25-6-8-26(9-7-25)22(30)16-12-20(28)27(14-16)19-4-2-1-3-5-19/h1-5,10-11,13,16H,6-9,12,14H2. The number of hydrogen-bond acceptors (Lipinski definition) is 3. The van der Waals surface area contributed by atoms with E-state index in [0.29, 0.717) is 48.3 Å². The predicted molar refractivity (Wildman–Crippen MR) is 116 cm³/mol. The molecule has 2 aromatic rings. The molecule has 1 atom stereocenters. The summed E-state index contributed by atoms with van der Waals surface area (Å²) in [6, 6.07) is 14.2. The van der Waals surface area contributed by atoms with Gasteiger partial charge >= 0.3 is 0 Å². The summed E-state index contributed by atoms with van der Waals surface area (Å²) in [6.45, 7) is 2.13. The fourth-order valence-corrected chi connectivity index (χ4v) is 4.50. The van der Waals surface area contributed by atoms with E-state index < -0.39 is 0 Å². The first kappa shape index (κ1) is 20.7. The van der Waals surface area contributed by atoms with Gasteiger partial charge in [0, 0.05) is 60.4 Å². The van der Waals surface area contributed by atoms with Crippen LogP contribution < -0.4 is 4.90 Å². The fourth-order valence-electron chi connectivity index (χ4n) is 3.98. The Morgan fingerprint density at radius 1 is 0.867 bits per heavy atom. The molecule has 0 aliphatic carbocycles. The van der Waals surface area contributed by atoms with Crippen molar-refractivity contribution in [2.75, 3.05) is 37.6 Å². The molecule has 2 fully saturated rings. The molecule has 2 heterocycles. The lowest BCUT2D eigenvalue weighted by atomic mass is 10.1. The van der Waals surface area contributed by atoms with E-state index in [4.69, 9.17) is 23.2 Å². The maximum atomic E-state index is 13.0. The van der Waals surface area contributed by atoms with E-state index >= 15 is 0 Å². The molecule has 4 rings (SSSR count). The average Bonchev–Trinajstić information content (AvgIpc) is 3.14. The molecule has 6 nitrogen and oxygen atoms in total. The Kier molecular flexibility index (Phi) is 5.97. The van der Waals surface area contributed by atoms with Crippen LogP contribution in [0.15, 0.2) is 48.5 Å². The van der Waals surface area contributed by atoms with Gasteiger partial charge in [-0.05, 0) is 30.3 Å². The number of benzene rings is 2. The normalized spacial score (nSPS) is 19.3. The second kappa shape index (κ2) is 8.66. The fraction of sp³-hybridized carbons (Fsp3) is 0.318. The van der Waals surface area contributed by atoms with E-state index in [9.17, 15) is 14.4 Å². The molecule has 2 aliphatic rings. The Balaban J connectivity index is 1.35. The lowest BCUT2D eigenvalue weighted by Gasteiger charge is -2.36. The van der Waals surface area contributed by atoms with Crippen molar-refractivity contribution in [2.45, 2.75) is 6.42 Å². The number of nitrogens with zero attached hydrogens (tertiary/aromatic N) is 3. The first-order valence-corrected chi connectivity index (χ1v) is 10.6. The quantitative estimate of drug-likeness (QED) is 0.727. The van der Waals surface area contributed by atoms with Gasteiger partial charge in [-0.3, -0.25) is 14.4 Å². The summed E-state index contributed by atoms with van der Waals surface area (Å²) in [4.78, 5) is 43.2. The first-order chi connectivity index (χ1) is 14.4. The Bertz CT molecular complexity index is 955. The minimum absolute atomic E-state index is 0.0281. The minimum atomic E-state index is -0.355. The lowest BCUT2D eigenvalue weighted by molar-refractivity contribution is -0.137. The molecule has 156 valence electrons. The molecule has 30 heavy (non-hydrogen) atoms. The summed E-state index contributed by atoms with van der Waals surface area (Å²) >= 11 is 12.0. The molecule has 0 aromatic heterocycles. The van der Waals surface area contributed by atoms with Crippen molar-refractivity contribution < 1.29 is 14.4 Å². The van der Waals surface area contributed by atoms with Gasteiger partial charge in [0.2, 0.25) is 11.8 Å². The number of para-hydroxylation sites is 1. The highest BCUT2D eigenvalue weighted by Crippen LogP contribution is 2.27. The molecule has 3 amide bonds. The van der Waals surface area contributed by atoms with Gasteiger partial charge in [0.05, 0.1) is 5.92 Å². The van der Waals surface area contributed by atoms with Crippen LogP contribution in [0.25, 0.3) is 0 Å². The van der Waals surface area contributed by atoms with Crippen molar-refractivity contribution in [3.05, 3.63) is 64.1 Å². The monoisotopic (exact) mass is 445 g/mol. The molecule has 0 saturated carbocycles. The Hall–Kier alpha value is -2.57. The number of rotatable bonds is 3. The lowest BCUT2D eigenvalue weighted by Crippen LogP contribution is -2.52. The maximum absolute atomic E-state index is 13.0. The van der Waals surface area contributed by atoms with E-state index in [2.05, 4.69) is 0 Å². The summed E-state index contributed by atoms with van der Waals surface area (Å²) in [5, 5.41) is 0.821. The zero-order chi connectivity index (χ0) is 21.3. The largest absolute Gasteiger partial charge is 0.339 e. The molecule has 0 radical (unpaired) electrons. The van der Waals surface area contributed by atoms with Gasteiger partial charge in [0.25, 0.3) is 5.91 Å². The summed E-state index contributed by atoms with van der Waals surface area (Å²) in [7, 11) is 0. The van der Waals surface area contributed by atoms with E-state index in [1.54, 1.807) is 32.9 Å². The molecule has 0 bridgehead atoms. The Morgan fingerprint density at radius 2 is 1.47 bits per heavy atom. The Labute approximate surface area is 184 Å². The predicted octanol–water partition coefficient (Wildman–Crippen LogP) is 3.33. The van der Waals surface area contributed by atoms with E-state index in [0.717, 1.165) is 5.69 Å². The number of carbonyl (C=O) groups is 3. The van der Waals surface area contributed by atoms with Crippen LogP contribution in [0, 0.1) is 5.92 Å². The zero-order valence-electron chi connectivity index (χ0n) is 16.3. The van der Waals surface area contributed by atoms with Crippen LogP contribution in [-0.2, 0) is 9.59 Å². The molecule has 2 aliphatic heterocycles. The molecule has 2 saturated heterocycles. The minimum Gasteiger partial charge on any atom is -0.339 e. The highest BCUT2D eigenvalue weighted by atomic mass is 35.5. The van der Waals surface area contributed by atoms with Crippen LogP contribution >= 0.6 is 23.2 Å². The summed E-state index contributed by atoms with van der Waals surface area (Å²) < 4.78 is 0. The van der Waals surface area contributed by atoms with Gasteiger partial charge in [-0.15, -0.1) is 0 Å². The topological polar surface area (TPSA) is 60.9 Å². The number of carbonyl (C=O) groups excluding carboxylic acids is 3. The van der Waals surface area contributed by atoms with Gasteiger partial charge in [0.1, 0.15) is 0 Å². The number of piperazine rings is 1. The molecular formula is C22H21Cl2N3O3. The number of amides is 3. The molecule has 8 heteroatoms. The van der Waals surface area contributed by atoms with Crippen molar-refractivity contribution in [2.24, 2.45) is 5.92 Å². The van der Waals surface area contributed by atoms with E-state index in [1.807, 2.05) is 30.3 Å². The van der Waals surface area contributed by atoms with Crippen LogP contribution in [-0.4, -0.2) is 60.2 Å². The molecule has 0 N–H and O–H groups in total. The third-order valence-corrected chi connectivity index (χ3v) is 5.97. The molecular weight excluding hydrogens is 425 g/mol. The SMILES string of the molecule is O=C(c1cc(Cl)cc(Cl)c1)N1CCN(C(=O)C2CC(=O)N(c3ccccc3)C2)CC1. The smallest absolute Gasteiger partial charge is 0.254 e. The summed E-state index contributed by atoms with van der Waals surface area (Å²) in [5.41, 5.74) is 1.25. The summed E-state index contributed by atoms with van der Waals surface area (Å²) in [6.07, 6.45) is 0.216. The van der Waals surface area contributed by atoms with Crippen molar-refractivity contribution >= 4 is 46.6 Å². The number of halogens is 2. The first-order valence-electron chi connectivity index (χ1n) is 9.82. The van der Waals surface area contributed by atoms with Crippen molar-refractivity contribution in [1.82, 2.24) is 9.80 Å². The van der Waals surface area contributed by atoms with Crippen LogP contribution in [0.4, 0.5) is 5.69 Å². The second-order valence-corrected chi connectivity index (χ2v) is 8.39. The molecule has 2 aromatic carbocycles. The zero-order valence-corrected chi connectivity index (χ0v) is 17.8. The van der Waals surface area contributed by atoms with Gasteiger partial charge in [-0.2, -0.15) is 0 Å². The van der Waals surface area contributed by atoms with E-state index in [1.165, 1.54) is 0 Å². The highest BCUT2D eigenvalue weighted by Gasteiger charge is 2.38. The van der Waals surface area contributed by atoms with Gasteiger partial charge < -0.3 is 14.7 Å².